The molecule has 15 heavy (non-hydrogen) atoms. The van der Waals surface area contributed by atoms with Crippen molar-refractivity contribution >= 4 is 5.78 Å². The van der Waals surface area contributed by atoms with Gasteiger partial charge in [-0.15, -0.1) is 0 Å². The van der Waals surface area contributed by atoms with Crippen LogP contribution in [0.5, 0.6) is 0 Å². The van der Waals surface area contributed by atoms with E-state index in [1.807, 2.05) is 0 Å². The van der Waals surface area contributed by atoms with Crippen molar-refractivity contribution < 1.29 is 14.3 Å². The van der Waals surface area contributed by atoms with E-state index in [1.54, 1.807) is 37.3 Å². The summed E-state index contributed by atoms with van der Waals surface area (Å²) in [4.78, 5) is 11.2. The third kappa shape index (κ3) is 2.86. The fourth-order valence-corrected chi connectivity index (χ4v) is 1.43. The monoisotopic (exact) mass is 210 g/mol. The van der Waals surface area contributed by atoms with Crippen LogP contribution in [0.3, 0.4) is 0 Å². The van der Waals surface area contributed by atoms with Crippen LogP contribution in [-0.4, -0.2) is 17.6 Å². The largest absolute Gasteiger partial charge is 0.382 e. The van der Waals surface area contributed by atoms with Crippen molar-refractivity contribution in [3.63, 3.8) is 0 Å². The van der Waals surface area contributed by atoms with E-state index < -0.39 is 12.3 Å². The van der Waals surface area contributed by atoms with Crippen molar-refractivity contribution in [2.75, 3.05) is 6.67 Å². The quantitative estimate of drug-likeness (QED) is 0.809. The SMILES string of the molecule is CCC(=O)CC(O)(CF)c1ccccc1. The van der Waals surface area contributed by atoms with E-state index in [2.05, 4.69) is 0 Å². The van der Waals surface area contributed by atoms with Crippen LogP contribution in [0.25, 0.3) is 0 Å². The Morgan fingerprint density at radius 3 is 2.47 bits per heavy atom. The van der Waals surface area contributed by atoms with Gasteiger partial charge in [0.2, 0.25) is 0 Å². The van der Waals surface area contributed by atoms with Crippen LogP contribution in [0, 0.1) is 0 Å². The van der Waals surface area contributed by atoms with Gasteiger partial charge in [0.15, 0.2) is 0 Å². The van der Waals surface area contributed by atoms with Gasteiger partial charge in [0.05, 0.1) is 0 Å². The lowest BCUT2D eigenvalue weighted by Crippen LogP contribution is -2.31. The third-order valence-electron chi connectivity index (χ3n) is 2.42. The zero-order valence-electron chi connectivity index (χ0n) is 8.74. The second kappa shape index (κ2) is 5.03. The van der Waals surface area contributed by atoms with Crippen LogP contribution in [0.15, 0.2) is 30.3 Å². The van der Waals surface area contributed by atoms with Crippen LogP contribution in [0.2, 0.25) is 0 Å². The van der Waals surface area contributed by atoms with Gasteiger partial charge < -0.3 is 5.11 Å². The smallest absolute Gasteiger partial charge is 0.135 e. The minimum absolute atomic E-state index is 0.140. The molecule has 1 N–H and O–H groups in total. The average Bonchev–Trinajstić information content (AvgIpc) is 2.30. The van der Waals surface area contributed by atoms with Gasteiger partial charge in [-0.05, 0) is 5.56 Å². The standard InChI is InChI=1S/C12H15FO2/c1-2-11(14)8-12(15,9-13)10-6-4-3-5-7-10/h3-7,15H,2,8-9H2,1H3. The highest BCUT2D eigenvalue weighted by Crippen LogP contribution is 2.26. The normalized spacial score (nSPS) is 14.6. The number of halogens is 1. The molecule has 0 aliphatic carbocycles. The fourth-order valence-electron chi connectivity index (χ4n) is 1.43. The van der Waals surface area contributed by atoms with Gasteiger partial charge in [-0.2, -0.15) is 0 Å². The van der Waals surface area contributed by atoms with E-state index in [0.29, 0.717) is 12.0 Å². The molecule has 1 atom stereocenters. The Bertz CT molecular complexity index is 324. The van der Waals surface area contributed by atoms with Crippen molar-refractivity contribution in [1.29, 1.82) is 0 Å². The van der Waals surface area contributed by atoms with Gasteiger partial charge in [0, 0.05) is 12.8 Å². The first kappa shape index (κ1) is 11.9. The first-order chi connectivity index (χ1) is 7.12. The van der Waals surface area contributed by atoms with E-state index in [9.17, 15) is 14.3 Å². The fraction of sp³-hybridized carbons (Fsp3) is 0.417. The molecule has 0 saturated carbocycles. The lowest BCUT2D eigenvalue weighted by atomic mass is 9.89. The molecule has 0 fully saturated rings. The third-order valence-corrected chi connectivity index (χ3v) is 2.42. The van der Waals surface area contributed by atoms with Crippen molar-refractivity contribution in [2.45, 2.75) is 25.4 Å². The summed E-state index contributed by atoms with van der Waals surface area (Å²) >= 11 is 0. The van der Waals surface area contributed by atoms with E-state index in [4.69, 9.17) is 0 Å². The van der Waals surface area contributed by atoms with Gasteiger partial charge in [-0.1, -0.05) is 37.3 Å². The molecule has 1 rings (SSSR count). The lowest BCUT2D eigenvalue weighted by molar-refractivity contribution is -0.125. The predicted octanol–water partition coefficient (Wildman–Crippen LogP) is 2.21. The van der Waals surface area contributed by atoms with Gasteiger partial charge in [0.1, 0.15) is 18.1 Å². The molecule has 0 amide bonds. The summed E-state index contributed by atoms with van der Waals surface area (Å²) in [6.07, 6.45) is 0.152. The van der Waals surface area contributed by atoms with E-state index in [-0.39, 0.29) is 12.2 Å². The van der Waals surface area contributed by atoms with E-state index in [1.165, 1.54) is 0 Å². The number of aliphatic hydroxyl groups is 1. The number of benzene rings is 1. The second-order valence-corrected chi connectivity index (χ2v) is 3.60. The summed E-state index contributed by atoms with van der Waals surface area (Å²) in [5.74, 6) is -0.140. The Labute approximate surface area is 88.7 Å². The minimum atomic E-state index is -1.66. The summed E-state index contributed by atoms with van der Waals surface area (Å²) in [6.45, 7) is 0.759. The van der Waals surface area contributed by atoms with E-state index in [0.717, 1.165) is 0 Å². The zero-order valence-corrected chi connectivity index (χ0v) is 8.74. The summed E-state index contributed by atoms with van der Waals surface area (Å²) in [5.41, 5.74) is -1.21. The van der Waals surface area contributed by atoms with Crippen LogP contribution in [0.4, 0.5) is 4.39 Å². The first-order valence-corrected chi connectivity index (χ1v) is 4.98. The summed E-state index contributed by atoms with van der Waals surface area (Å²) < 4.78 is 12.8. The molecule has 1 aromatic carbocycles. The molecule has 0 aromatic heterocycles. The molecule has 1 aromatic rings. The van der Waals surface area contributed by atoms with Crippen LogP contribution >= 0.6 is 0 Å². The maximum absolute atomic E-state index is 12.8. The first-order valence-electron chi connectivity index (χ1n) is 4.98. The molecule has 0 aliphatic heterocycles. The van der Waals surface area contributed by atoms with Crippen molar-refractivity contribution in [3.05, 3.63) is 35.9 Å². The van der Waals surface area contributed by atoms with E-state index >= 15 is 0 Å². The Morgan fingerprint density at radius 2 is 2.00 bits per heavy atom. The van der Waals surface area contributed by atoms with Gasteiger partial charge in [-0.25, -0.2) is 4.39 Å². The molecule has 0 aliphatic rings. The lowest BCUT2D eigenvalue weighted by Gasteiger charge is -2.24. The molecule has 0 spiro atoms. The molecule has 0 heterocycles. The highest BCUT2D eigenvalue weighted by Gasteiger charge is 2.31. The highest BCUT2D eigenvalue weighted by molar-refractivity contribution is 5.79. The Balaban J connectivity index is 2.90. The highest BCUT2D eigenvalue weighted by atomic mass is 19.1. The molecule has 0 radical (unpaired) electrons. The molecular weight excluding hydrogens is 195 g/mol. The Hall–Kier alpha value is -1.22. The van der Waals surface area contributed by atoms with Crippen LogP contribution < -0.4 is 0 Å². The Morgan fingerprint density at radius 1 is 1.40 bits per heavy atom. The summed E-state index contributed by atoms with van der Waals surface area (Å²) in [7, 11) is 0. The number of hydrogen-bond donors (Lipinski definition) is 1. The average molecular weight is 210 g/mol. The number of carbonyl (C=O) groups is 1. The second-order valence-electron chi connectivity index (χ2n) is 3.60. The van der Waals surface area contributed by atoms with Crippen molar-refractivity contribution in [1.82, 2.24) is 0 Å². The maximum atomic E-state index is 12.8. The molecule has 3 heteroatoms. The maximum Gasteiger partial charge on any atom is 0.135 e. The van der Waals surface area contributed by atoms with Gasteiger partial charge in [-0.3, -0.25) is 4.79 Å². The summed E-state index contributed by atoms with van der Waals surface area (Å²) in [6, 6.07) is 8.47. The topological polar surface area (TPSA) is 37.3 Å². The molecular formula is C12H15FO2. The molecule has 0 bridgehead atoms. The van der Waals surface area contributed by atoms with Gasteiger partial charge in [0.25, 0.3) is 0 Å². The number of alkyl halides is 1. The van der Waals surface area contributed by atoms with Crippen molar-refractivity contribution in [2.24, 2.45) is 0 Å². The van der Waals surface area contributed by atoms with Crippen LogP contribution in [-0.2, 0) is 10.4 Å². The zero-order chi connectivity index (χ0) is 11.3. The van der Waals surface area contributed by atoms with Crippen molar-refractivity contribution in [3.8, 4) is 0 Å². The molecule has 2 nitrogen and oxygen atoms in total. The predicted molar refractivity (Wildman–Crippen MR) is 56.2 cm³/mol. The summed E-state index contributed by atoms with van der Waals surface area (Å²) in [5, 5.41) is 10.00. The Kier molecular flexibility index (Phi) is 3.97. The minimum Gasteiger partial charge on any atom is -0.382 e. The van der Waals surface area contributed by atoms with Crippen LogP contribution in [0.1, 0.15) is 25.3 Å². The number of rotatable bonds is 5. The molecule has 1 unspecified atom stereocenters. The molecule has 82 valence electrons. The van der Waals surface area contributed by atoms with Gasteiger partial charge >= 0.3 is 0 Å². The molecule has 0 saturated heterocycles. The number of Topliss-reactive ketones (excluding diaryl/α,β-unsaturated/α-hetero) is 1. The number of ketones is 1. The number of carbonyl (C=O) groups excluding carboxylic acids is 1. The number of hydrogen-bond acceptors (Lipinski definition) is 2.